The van der Waals surface area contributed by atoms with E-state index >= 15 is 0 Å². The highest BCUT2D eigenvalue weighted by atomic mass is 19.4. The minimum absolute atomic E-state index is 0.0100. The number of hydrogen-bond acceptors (Lipinski definition) is 6. The molecule has 2 unspecified atom stereocenters. The van der Waals surface area contributed by atoms with E-state index in [2.05, 4.69) is 6.58 Å². The first-order chi connectivity index (χ1) is 16.5. The number of methoxy groups -OCH3 is 3. The standard InChI is InChI=1S/C26H30F3NO5/c1-6-13-25(23(31)34-4,24(32)35-5)16(2)21(17-7-10-20(33-3)11-8-17)15-18-14-19(26(27,28)29)9-12-22(18)30/h6-12,14,16,21H,1,13,15,30H2,2-5H3. The second kappa shape index (κ2) is 11.3. The molecule has 0 saturated carbocycles. The molecule has 0 aliphatic rings. The Hall–Kier alpha value is -3.49. The normalized spacial score (nSPS) is 13.5. The number of allylic oxidation sites excluding steroid dienone is 1. The van der Waals surface area contributed by atoms with Crippen LogP contribution in [0.25, 0.3) is 0 Å². The van der Waals surface area contributed by atoms with Gasteiger partial charge in [0, 0.05) is 5.69 Å². The molecular formula is C26H30F3NO5. The zero-order valence-corrected chi connectivity index (χ0v) is 20.1. The highest BCUT2D eigenvalue weighted by Crippen LogP contribution is 2.46. The van der Waals surface area contributed by atoms with Gasteiger partial charge in [-0.15, -0.1) is 6.58 Å². The van der Waals surface area contributed by atoms with E-state index < -0.39 is 40.9 Å². The third-order valence-corrected chi connectivity index (χ3v) is 6.40. The van der Waals surface area contributed by atoms with Crippen molar-refractivity contribution < 1.29 is 37.0 Å². The van der Waals surface area contributed by atoms with E-state index in [4.69, 9.17) is 19.9 Å². The van der Waals surface area contributed by atoms with Crippen molar-refractivity contribution >= 4 is 17.6 Å². The average molecular weight is 494 g/mol. The van der Waals surface area contributed by atoms with Crippen LogP contribution < -0.4 is 10.5 Å². The number of carbonyl (C=O) groups excluding carboxylic acids is 2. The SMILES string of the molecule is C=CCC(C(=O)OC)(C(=O)OC)C(C)C(Cc1cc(C(F)(F)F)ccc1N)c1ccc(OC)cc1. The molecule has 2 atom stereocenters. The lowest BCUT2D eigenvalue weighted by Crippen LogP contribution is -2.48. The van der Waals surface area contributed by atoms with Gasteiger partial charge in [-0.1, -0.05) is 25.1 Å². The molecule has 190 valence electrons. The number of ether oxygens (including phenoxy) is 3. The molecule has 9 heteroatoms. The lowest BCUT2D eigenvalue weighted by Gasteiger charge is -2.38. The minimum Gasteiger partial charge on any atom is -0.497 e. The number of hydrogen-bond donors (Lipinski definition) is 1. The maximum Gasteiger partial charge on any atom is 0.416 e. The first kappa shape index (κ1) is 27.8. The zero-order valence-electron chi connectivity index (χ0n) is 20.1. The van der Waals surface area contributed by atoms with Gasteiger partial charge < -0.3 is 19.9 Å². The average Bonchev–Trinajstić information content (AvgIpc) is 2.84. The van der Waals surface area contributed by atoms with Crippen LogP contribution in [0.3, 0.4) is 0 Å². The Morgan fingerprint density at radius 3 is 2.06 bits per heavy atom. The molecule has 6 nitrogen and oxygen atoms in total. The van der Waals surface area contributed by atoms with Crippen molar-refractivity contribution in [1.29, 1.82) is 0 Å². The maximum absolute atomic E-state index is 13.4. The Kier molecular flexibility index (Phi) is 8.95. The summed E-state index contributed by atoms with van der Waals surface area (Å²) in [5.74, 6) is -2.51. The van der Waals surface area contributed by atoms with Crippen molar-refractivity contribution in [2.45, 2.75) is 31.9 Å². The Morgan fingerprint density at radius 1 is 1.03 bits per heavy atom. The number of esters is 2. The Balaban J connectivity index is 2.72. The molecule has 2 N–H and O–H groups in total. The van der Waals surface area contributed by atoms with Crippen LogP contribution in [0.1, 0.15) is 36.0 Å². The Morgan fingerprint density at radius 2 is 1.60 bits per heavy atom. The van der Waals surface area contributed by atoms with Gasteiger partial charge in [0.15, 0.2) is 5.41 Å². The monoisotopic (exact) mass is 493 g/mol. The van der Waals surface area contributed by atoms with Crippen LogP contribution in [0.2, 0.25) is 0 Å². The van der Waals surface area contributed by atoms with Crippen molar-refractivity contribution in [1.82, 2.24) is 0 Å². The van der Waals surface area contributed by atoms with Gasteiger partial charge in [0.1, 0.15) is 5.75 Å². The number of halogens is 3. The van der Waals surface area contributed by atoms with Crippen molar-refractivity contribution in [3.63, 3.8) is 0 Å². The van der Waals surface area contributed by atoms with Crippen LogP contribution in [0.15, 0.2) is 55.1 Å². The molecule has 2 aromatic carbocycles. The molecule has 0 saturated heterocycles. The third-order valence-electron chi connectivity index (χ3n) is 6.40. The molecule has 0 spiro atoms. The number of rotatable bonds is 10. The summed E-state index contributed by atoms with van der Waals surface area (Å²) in [5.41, 5.74) is 4.48. The van der Waals surface area contributed by atoms with E-state index in [0.717, 1.165) is 26.4 Å². The summed E-state index contributed by atoms with van der Waals surface area (Å²) in [6, 6.07) is 9.95. The molecule has 0 radical (unpaired) electrons. The van der Waals surface area contributed by atoms with E-state index in [1.54, 1.807) is 31.2 Å². The number of alkyl halides is 3. The summed E-state index contributed by atoms with van der Waals surface area (Å²) >= 11 is 0. The summed E-state index contributed by atoms with van der Waals surface area (Å²) in [4.78, 5) is 26.1. The number of carbonyl (C=O) groups is 2. The number of anilines is 1. The fourth-order valence-corrected chi connectivity index (χ4v) is 4.37. The number of nitrogen functional groups attached to an aromatic ring is 1. The summed E-state index contributed by atoms with van der Waals surface area (Å²) in [5, 5.41) is 0. The lowest BCUT2D eigenvalue weighted by molar-refractivity contribution is -0.174. The van der Waals surface area contributed by atoms with Crippen molar-refractivity contribution in [2.75, 3.05) is 27.1 Å². The van der Waals surface area contributed by atoms with Crippen molar-refractivity contribution in [3.05, 3.63) is 71.8 Å². The molecule has 35 heavy (non-hydrogen) atoms. The smallest absolute Gasteiger partial charge is 0.416 e. The summed E-state index contributed by atoms with van der Waals surface area (Å²) in [7, 11) is 3.81. The highest BCUT2D eigenvalue weighted by molar-refractivity contribution is 6.00. The van der Waals surface area contributed by atoms with E-state index in [0.29, 0.717) is 11.3 Å². The van der Waals surface area contributed by atoms with Crippen LogP contribution in [0, 0.1) is 11.3 Å². The number of nitrogens with two attached hydrogens (primary N) is 1. The molecule has 2 rings (SSSR count). The topological polar surface area (TPSA) is 87.9 Å². The van der Waals surface area contributed by atoms with E-state index in [1.165, 1.54) is 19.3 Å². The molecule has 0 heterocycles. The van der Waals surface area contributed by atoms with E-state index in [9.17, 15) is 22.8 Å². The molecule has 0 amide bonds. The highest BCUT2D eigenvalue weighted by Gasteiger charge is 2.54. The third kappa shape index (κ3) is 5.78. The molecular weight excluding hydrogens is 463 g/mol. The quantitative estimate of drug-likeness (QED) is 0.213. The van der Waals surface area contributed by atoms with Gasteiger partial charge in [-0.25, -0.2) is 0 Å². The van der Waals surface area contributed by atoms with Gasteiger partial charge in [0.05, 0.1) is 26.9 Å². The Bertz CT molecular complexity index is 1030. The summed E-state index contributed by atoms with van der Waals surface area (Å²) < 4.78 is 55.4. The van der Waals surface area contributed by atoms with Crippen molar-refractivity contribution in [2.24, 2.45) is 11.3 Å². The number of benzene rings is 2. The van der Waals surface area contributed by atoms with Crippen LogP contribution in [-0.2, 0) is 31.7 Å². The molecule has 0 aliphatic carbocycles. The predicted octanol–water partition coefficient (Wildman–Crippen LogP) is 5.17. The molecule has 0 fully saturated rings. The van der Waals surface area contributed by atoms with Gasteiger partial charge in [-0.05, 0) is 66.1 Å². The van der Waals surface area contributed by atoms with Gasteiger partial charge >= 0.3 is 18.1 Å². The van der Waals surface area contributed by atoms with E-state index in [1.807, 2.05) is 0 Å². The zero-order chi connectivity index (χ0) is 26.4. The predicted molar refractivity (Wildman–Crippen MR) is 126 cm³/mol. The maximum atomic E-state index is 13.4. The van der Waals surface area contributed by atoms with Crippen LogP contribution >= 0.6 is 0 Å². The summed E-state index contributed by atoms with van der Waals surface area (Å²) in [6.07, 6.45) is -3.24. The minimum atomic E-state index is -4.56. The van der Waals surface area contributed by atoms with Crippen LogP contribution in [-0.4, -0.2) is 33.3 Å². The van der Waals surface area contributed by atoms with Gasteiger partial charge in [0.25, 0.3) is 0 Å². The fraction of sp³-hybridized carbons (Fsp3) is 0.385. The van der Waals surface area contributed by atoms with Gasteiger partial charge in [-0.3, -0.25) is 9.59 Å². The summed E-state index contributed by atoms with van der Waals surface area (Å²) in [6.45, 7) is 5.34. The van der Waals surface area contributed by atoms with Gasteiger partial charge in [-0.2, -0.15) is 13.2 Å². The molecule has 0 aliphatic heterocycles. The first-order valence-corrected chi connectivity index (χ1v) is 10.8. The van der Waals surface area contributed by atoms with Gasteiger partial charge in [0.2, 0.25) is 0 Å². The Labute approximate surface area is 202 Å². The second-order valence-corrected chi connectivity index (χ2v) is 8.23. The second-order valence-electron chi connectivity index (χ2n) is 8.23. The largest absolute Gasteiger partial charge is 0.497 e. The van der Waals surface area contributed by atoms with Crippen LogP contribution in [0.5, 0.6) is 5.75 Å². The van der Waals surface area contributed by atoms with E-state index in [-0.39, 0.29) is 24.1 Å². The lowest BCUT2D eigenvalue weighted by atomic mass is 9.65. The molecule has 2 aromatic rings. The van der Waals surface area contributed by atoms with Crippen molar-refractivity contribution in [3.8, 4) is 5.75 Å². The first-order valence-electron chi connectivity index (χ1n) is 10.8. The van der Waals surface area contributed by atoms with Crippen LogP contribution in [0.4, 0.5) is 18.9 Å². The molecule has 0 aromatic heterocycles. The molecule has 0 bridgehead atoms. The fourth-order valence-electron chi connectivity index (χ4n) is 4.37.